The third-order valence-corrected chi connectivity index (χ3v) is 5.44. The number of ether oxygens (including phenoxy) is 1. The highest BCUT2D eigenvalue weighted by atomic mass is 16.5. The van der Waals surface area contributed by atoms with Crippen molar-refractivity contribution in [3.63, 3.8) is 0 Å². The maximum atomic E-state index is 12.8. The van der Waals surface area contributed by atoms with Gasteiger partial charge in [0, 0.05) is 11.6 Å². The Hall–Kier alpha value is -3.35. The van der Waals surface area contributed by atoms with E-state index < -0.39 is 70.8 Å². The third kappa shape index (κ3) is 3.32. The number of fused-ring (bicyclic) bond motifs is 1. The molecule has 2 heterocycles. The smallest absolute Gasteiger partial charge is 0.238 e. The Bertz CT molecular complexity index is 1220. The maximum Gasteiger partial charge on any atom is 0.238 e. The van der Waals surface area contributed by atoms with E-state index in [9.17, 15) is 45.6 Å². The first-order valence-electron chi connectivity index (χ1n) is 9.50. The summed E-state index contributed by atoms with van der Waals surface area (Å²) < 4.78 is 11.1. The minimum atomic E-state index is -1.82. The molecular weight excluding hydrogens is 428 g/mol. The molecule has 0 saturated carbocycles. The van der Waals surface area contributed by atoms with Crippen LogP contribution in [0.4, 0.5) is 0 Å². The van der Waals surface area contributed by atoms with Crippen LogP contribution in [0.25, 0.3) is 22.3 Å². The van der Waals surface area contributed by atoms with Crippen molar-refractivity contribution in [1.82, 2.24) is 0 Å². The Balaban J connectivity index is 2.01. The lowest BCUT2D eigenvalue weighted by atomic mass is 9.89. The number of hydrogen-bond donors (Lipinski definition) is 8. The average molecular weight is 448 g/mol. The highest BCUT2D eigenvalue weighted by molar-refractivity contribution is 5.91. The van der Waals surface area contributed by atoms with Gasteiger partial charge in [0.2, 0.25) is 11.2 Å². The molecule has 4 rings (SSSR count). The minimum Gasteiger partial charge on any atom is -0.508 e. The van der Waals surface area contributed by atoms with Crippen molar-refractivity contribution in [2.75, 3.05) is 6.61 Å². The van der Waals surface area contributed by atoms with Crippen LogP contribution in [-0.4, -0.2) is 71.9 Å². The molecule has 0 bridgehead atoms. The normalized spacial score (nSPS) is 25.8. The van der Waals surface area contributed by atoms with Crippen LogP contribution >= 0.6 is 0 Å². The largest absolute Gasteiger partial charge is 0.508 e. The Labute approximate surface area is 179 Å². The van der Waals surface area contributed by atoms with E-state index in [-0.39, 0.29) is 22.6 Å². The second-order valence-electron chi connectivity index (χ2n) is 7.44. The van der Waals surface area contributed by atoms with Crippen LogP contribution in [-0.2, 0) is 4.74 Å². The van der Waals surface area contributed by atoms with Crippen molar-refractivity contribution < 1.29 is 50.0 Å². The second kappa shape index (κ2) is 7.97. The summed E-state index contributed by atoms with van der Waals surface area (Å²) in [4.78, 5) is 12.8. The molecule has 3 aromatic rings. The number of benzene rings is 2. The fourth-order valence-electron chi connectivity index (χ4n) is 3.77. The number of phenols is 3. The van der Waals surface area contributed by atoms with Crippen molar-refractivity contribution in [2.45, 2.75) is 30.5 Å². The van der Waals surface area contributed by atoms with Crippen LogP contribution in [0.5, 0.6) is 23.0 Å². The fourth-order valence-corrected chi connectivity index (χ4v) is 3.77. The highest BCUT2D eigenvalue weighted by Crippen LogP contribution is 2.44. The molecule has 11 nitrogen and oxygen atoms in total. The van der Waals surface area contributed by atoms with Crippen molar-refractivity contribution in [2.24, 2.45) is 0 Å². The molecule has 170 valence electrons. The van der Waals surface area contributed by atoms with Crippen LogP contribution in [0.3, 0.4) is 0 Å². The summed E-state index contributed by atoms with van der Waals surface area (Å²) in [6.45, 7) is -0.734. The van der Waals surface area contributed by atoms with Gasteiger partial charge in [0.05, 0.1) is 12.2 Å². The first-order chi connectivity index (χ1) is 15.1. The average Bonchev–Trinajstić information content (AvgIpc) is 2.76. The summed E-state index contributed by atoms with van der Waals surface area (Å²) in [7, 11) is 0. The molecule has 0 spiro atoms. The SMILES string of the molecule is O=c1c(O)c(-c2ccc(O)cc2)oc2c([C@@H]3O[C@H](CO)[C@H](O)[C@H](O)[C@H]3O)c(O)cc(O)c12. The van der Waals surface area contributed by atoms with Gasteiger partial charge in [0.15, 0.2) is 11.3 Å². The number of rotatable bonds is 3. The molecule has 0 aliphatic carbocycles. The molecule has 0 amide bonds. The molecule has 1 aromatic heterocycles. The number of phenolic OH excluding ortho intramolecular Hbond substituents is 3. The number of aliphatic hydroxyl groups is 4. The highest BCUT2D eigenvalue weighted by Gasteiger charge is 2.46. The molecular formula is C21H20O11. The van der Waals surface area contributed by atoms with Crippen molar-refractivity contribution >= 4 is 11.0 Å². The van der Waals surface area contributed by atoms with E-state index in [1.807, 2.05) is 0 Å². The van der Waals surface area contributed by atoms with Gasteiger partial charge in [0.25, 0.3) is 0 Å². The molecule has 5 atom stereocenters. The van der Waals surface area contributed by atoms with E-state index in [2.05, 4.69) is 0 Å². The minimum absolute atomic E-state index is 0.0892. The van der Waals surface area contributed by atoms with E-state index in [4.69, 9.17) is 9.15 Å². The topological polar surface area (TPSA) is 201 Å². The van der Waals surface area contributed by atoms with Crippen LogP contribution in [0.1, 0.15) is 11.7 Å². The van der Waals surface area contributed by atoms with Crippen LogP contribution in [0.2, 0.25) is 0 Å². The van der Waals surface area contributed by atoms with Crippen molar-refractivity contribution in [1.29, 1.82) is 0 Å². The summed E-state index contributed by atoms with van der Waals surface area (Å²) in [6.07, 6.45) is -8.17. The first-order valence-corrected chi connectivity index (χ1v) is 9.50. The zero-order chi connectivity index (χ0) is 23.3. The summed E-state index contributed by atoms with van der Waals surface area (Å²) in [6, 6.07) is 6.01. The third-order valence-electron chi connectivity index (χ3n) is 5.44. The number of aromatic hydroxyl groups is 4. The number of hydrogen-bond acceptors (Lipinski definition) is 11. The molecule has 1 aliphatic rings. The van der Waals surface area contributed by atoms with Crippen LogP contribution in [0, 0.1) is 0 Å². The molecule has 0 unspecified atom stereocenters. The predicted octanol–water partition coefficient (Wildman–Crippen LogP) is -0.203. The van der Waals surface area contributed by atoms with E-state index >= 15 is 0 Å². The van der Waals surface area contributed by atoms with Gasteiger partial charge in [-0.25, -0.2) is 0 Å². The molecule has 8 N–H and O–H groups in total. The lowest BCUT2D eigenvalue weighted by molar-refractivity contribution is -0.231. The van der Waals surface area contributed by atoms with Gasteiger partial charge in [-0.05, 0) is 24.3 Å². The predicted molar refractivity (Wildman–Crippen MR) is 107 cm³/mol. The van der Waals surface area contributed by atoms with E-state index in [0.717, 1.165) is 6.07 Å². The molecule has 32 heavy (non-hydrogen) atoms. The van der Waals surface area contributed by atoms with Gasteiger partial charge in [-0.15, -0.1) is 0 Å². The summed E-state index contributed by atoms with van der Waals surface area (Å²) in [5.74, 6) is -2.71. The Morgan fingerprint density at radius 1 is 0.875 bits per heavy atom. The summed E-state index contributed by atoms with van der Waals surface area (Å²) in [5.41, 5.74) is -1.70. The Kier molecular flexibility index (Phi) is 5.44. The quantitative estimate of drug-likeness (QED) is 0.264. The van der Waals surface area contributed by atoms with E-state index in [1.165, 1.54) is 24.3 Å². The zero-order valence-electron chi connectivity index (χ0n) is 16.3. The standard InChI is InChI=1S/C21H20O11/c22-6-11-14(26)16(28)18(30)21(31-11)13-10(25)5-9(24)12-15(27)17(29)19(32-20(12)13)7-1-3-8(23)4-2-7/h1-5,11,14,16,18,21-26,28-30H,6H2/t11-,14+,16+,18-,21+/m1/s1. The van der Waals surface area contributed by atoms with Crippen molar-refractivity contribution in [3.8, 4) is 34.3 Å². The van der Waals surface area contributed by atoms with Crippen LogP contribution < -0.4 is 5.43 Å². The van der Waals surface area contributed by atoms with Crippen LogP contribution in [0.15, 0.2) is 39.5 Å². The summed E-state index contributed by atoms with van der Waals surface area (Å²) in [5, 5.41) is 80.2. The molecule has 11 heteroatoms. The monoisotopic (exact) mass is 448 g/mol. The molecule has 0 radical (unpaired) electrons. The second-order valence-corrected chi connectivity index (χ2v) is 7.44. The first kappa shape index (κ1) is 21.9. The van der Waals surface area contributed by atoms with Gasteiger partial charge in [-0.1, -0.05) is 0 Å². The van der Waals surface area contributed by atoms with Gasteiger partial charge in [-0.3, -0.25) is 4.79 Å². The fraction of sp³-hybridized carbons (Fsp3) is 0.286. The molecule has 1 saturated heterocycles. The van der Waals surface area contributed by atoms with Gasteiger partial charge in [0.1, 0.15) is 53.2 Å². The van der Waals surface area contributed by atoms with Gasteiger partial charge in [-0.2, -0.15) is 0 Å². The van der Waals surface area contributed by atoms with E-state index in [0.29, 0.717) is 0 Å². The summed E-state index contributed by atoms with van der Waals surface area (Å²) >= 11 is 0. The Morgan fingerprint density at radius 2 is 1.53 bits per heavy atom. The molecule has 2 aromatic carbocycles. The molecule has 1 aliphatic heterocycles. The van der Waals surface area contributed by atoms with E-state index in [1.54, 1.807) is 0 Å². The lowest BCUT2D eigenvalue weighted by Crippen LogP contribution is -2.55. The van der Waals surface area contributed by atoms with Gasteiger partial charge >= 0.3 is 0 Å². The molecule has 1 fully saturated rings. The lowest BCUT2D eigenvalue weighted by Gasteiger charge is -2.40. The van der Waals surface area contributed by atoms with Gasteiger partial charge < -0.3 is 50.0 Å². The van der Waals surface area contributed by atoms with Crippen molar-refractivity contribution in [3.05, 3.63) is 46.1 Å². The zero-order valence-corrected chi connectivity index (χ0v) is 16.3. The number of aliphatic hydroxyl groups excluding tert-OH is 4. The Morgan fingerprint density at radius 3 is 2.16 bits per heavy atom. The maximum absolute atomic E-state index is 12.8.